The smallest absolute Gasteiger partial charge is 0.408 e. The number of nitrogens with zero attached hydrogens (tertiary/aromatic N) is 1. The van der Waals surface area contributed by atoms with E-state index in [1.807, 2.05) is 80.6 Å². The maximum Gasteiger partial charge on any atom is 0.408 e. The Morgan fingerprint density at radius 2 is 1.30 bits per heavy atom. The molecular weight excluding hydrogens is 630 g/mol. The molecule has 0 radical (unpaired) electrons. The lowest BCUT2D eigenvalue weighted by atomic mass is 9.96. The fraction of sp³-hybridized carbons (Fsp3) is 0.415. The van der Waals surface area contributed by atoms with Gasteiger partial charge in [0.25, 0.3) is 0 Å². The van der Waals surface area contributed by atoms with E-state index in [0.29, 0.717) is 12.0 Å². The minimum atomic E-state index is -1.18. The van der Waals surface area contributed by atoms with Crippen LogP contribution in [-0.2, 0) is 36.7 Å². The van der Waals surface area contributed by atoms with Gasteiger partial charge >= 0.3 is 12.1 Å². The van der Waals surface area contributed by atoms with Crippen LogP contribution < -0.4 is 10.6 Å². The van der Waals surface area contributed by atoms with E-state index in [0.717, 1.165) is 16.7 Å². The van der Waals surface area contributed by atoms with Crippen molar-refractivity contribution in [2.75, 3.05) is 0 Å². The molecule has 0 saturated carbocycles. The fourth-order valence-corrected chi connectivity index (χ4v) is 5.44. The monoisotopic (exact) mass is 683 g/mol. The van der Waals surface area contributed by atoms with Crippen molar-refractivity contribution in [2.45, 2.75) is 110 Å². The number of alkyl carbamates (subject to hydrolysis) is 1. The second kappa shape index (κ2) is 17.7. The molecule has 2 N–H and O–H groups in total. The number of hydrogen-bond acceptors (Lipinski definition) is 6. The molecule has 4 atom stereocenters. The summed E-state index contributed by atoms with van der Waals surface area (Å²) in [4.78, 5) is 57.9. The first-order chi connectivity index (χ1) is 23.5. The summed E-state index contributed by atoms with van der Waals surface area (Å²) in [6, 6.07) is 22.1. The van der Waals surface area contributed by atoms with E-state index in [4.69, 9.17) is 9.47 Å². The van der Waals surface area contributed by atoms with Gasteiger partial charge in [-0.2, -0.15) is 0 Å². The first-order valence-corrected chi connectivity index (χ1v) is 17.2. The van der Waals surface area contributed by atoms with Crippen LogP contribution in [0.2, 0.25) is 0 Å². The van der Waals surface area contributed by atoms with E-state index >= 15 is 0 Å². The number of ether oxygens (including phenoxy) is 2. The van der Waals surface area contributed by atoms with Gasteiger partial charge in [0.1, 0.15) is 29.3 Å². The summed E-state index contributed by atoms with van der Waals surface area (Å²) in [5.41, 5.74) is 1.31. The predicted molar refractivity (Wildman–Crippen MR) is 197 cm³/mol. The molecule has 3 aromatic carbocycles. The number of benzene rings is 3. The molecule has 9 nitrogen and oxygen atoms in total. The van der Waals surface area contributed by atoms with E-state index in [1.165, 1.54) is 4.90 Å². The van der Waals surface area contributed by atoms with Gasteiger partial charge in [-0.05, 0) is 83.2 Å². The van der Waals surface area contributed by atoms with Crippen molar-refractivity contribution < 1.29 is 28.7 Å². The van der Waals surface area contributed by atoms with Gasteiger partial charge in [0.15, 0.2) is 0 Å². The number of hydrogen-bond donors (Lipinski definition) is 2. The molecule has 9 heteroatoms. The van der Waals surface area contributed by atoms with Gasteiger partial charge in [0.05, 0.1) is 0 Å². The largest absolute Gasteiger partial charge is 0.458 e. The lowest BCUT2D eigenvalue weighted by molar-refractivity contribution is -0.159. The summed E-state index contributed by atoms with van der Waals surface area (Å²) >= 11 is 0. The number of carbonyl (C=O) groups is 4. The average Bonchev–Trinajstić information content (AvgIpc) is 3.05. The third kappa shape index (κ3) is 12.2. The van der Waals surface area contributed by atoms with Crippen LogP contribution >= 0.6 is 0 Å². The highest BCUT2D eigenvalue weighted by Gasteiger charge is 2.40. The van der Waals surface area contributed by atoms with E-state index in [1.54, 1.807) is 65.8 Å². The van der Waals surface area contributed by atoms with Crippen LogP contribution in [0.5, 0.6) is 0 Å². The van der Waals surface area contributed by atoms with Crippen LogP contribution in [0.25, 0.3) is 6.08 Å². The molecular formula is C41H53N3O6. The van der Waals surface area contributed by atoms with E-state index in [2.05, 4.69) is 17.2 Å². The molecule has 0 aromatic heterocycles. The number of rotatable bonds is 14. The van der Waals surface area contributed by atoms with Crippen LogP contribution in [0.15, 0.2) is 91.5 Å². The molecule has 0 aliphatic rings. The molecule has 0 aliphatic heterocycles. The molecule has 0 spiro atoms. The number of amides is 3. The SMILES string of the molecule is C=Cc1cccc(C(C(=O)NC(Cc2ccccc2)C(=O)OC(C)(C)C)N(C(=O)C(Cc2ccccc2)NC(=O)OC(C)(C)C)C(C)CC)c1. The highest BCUT2D eigenvalue weighted by atomic mass is 16.6. The molecule has 0 heterocycles. The molecule has 0 aliphatic carbocycles. The van der Waals surface area contributed by atoms with Crippen molar-refractivity contribution >= 4 is 30.0 Å². The van der Waals surface area contributed by atoms with Gasteiger partial charge in [0.2, 0.25) is 11.8 Å². The van der Waals surface area contributed by atoms with Gasteiger partial charge in [-0.25, -0.2) is 9.59 Å². The van der Waals surface area contributed by atoms with Crippen LogP contribution in [0.3, 0.4) is 0 Å². The molecule has 3 aromatic rings. The van der Waals surface area contributed by atoms with E-state index < -0.39 is 59.2 Å². The minimum absolute atomic E-state index is 0.154. The Bertz CT molecular complexity index is 1590. The lowest BCUT2D eigenvalue weighted by Crippen LogP contribution is -2.57. The quantitative estimate of drug-likeness (QED) is 0.174. The average molecular weight is 684 g/mol. The van der Waals surface area contributed by atoms with E-state index in [-0.39, 0.29) is 12.8 Å². The van der Waals surface area contributed by atoms with Crippen molar-refractivity contribution in [3.8, 4) is 0 Å². The molecule has 50 heavy (non-hydrogen) atoms. The van der Waals surface area contributed by atoms with Crippen molar-refractivity contribution in [1.82, 2.24) is 15.5 Å². The zero-order valence-corrected chi connectivity index (χ0v) is 30.7. The molecule has 3 rings (SSSR count). The van der Waals surface area contributed by atoms with Crippen LogP contribution in [0.4, 0.5) is 4.79 Å². The first-order valence-electron chi connectivity index (χ1n) is 17.2. The molecule has 4 unspecified atom stereocenters. The Balaban J connectivity index is 2.15. The third-order valence-electron chi connectivity index (χ3n) is 7.87. The minimum Gasteiger partial charge on any atom is -0.458 e. The lowest BCUT2D eigenvalue weighted by Gasteiger charge is -2.39. The van der Waals surface area contributed by atoms with Crippen molar-refractivity contribution in [3.05, 3.63) is 114 Å². The Hall–Kier alpha value is -4.92. The van der Waals surface area contributed by atoms with E-state index in [9.17, 15) is 19.2 Å². The zero-order valence-electron chi connectivity index (χ0n) is 30.7. The number of carbonyl (C=O) groups excluding carboxylic acids is 4. The Kier molecular flexibility index (Phi) is 14.0. The molecule has 268 valence electrons. The van der Waals surface area contributed by atoms with Crippen molar-refractivity contribution in [2.24, 2.45) is 0 Å². The molecule has 0 bridgehead atoms. The Morgan fingerprint density at radius 1 is 0.760 bits per heavy atom. The zero-order chi connectivity index (χ0) is 37.1. The number of nitrogens with one attached hydrogen (secondary N) is 2. The summed E-state index contributed by atoms with van der Waals surface area (Å²) in [6.45, 7) is 18.2. The van der Waals surface area contributed by atoms with Gasteiger partial charge < -0.3 is 25.0 Å². The summed E-state index contributed by atoms with van der Waals surface area (Å²) in [6.07, 6.45) is 1.74. The molecule has 0 fully saturated rings. The van der Waals surface area contributed by atoms with Crippen LogP contribution in [-0.4, -0.2) is 58.1 Å². The topological polar surface area (TPSA) is 114 Å². The van der Waals surface area contributed by atoms with Crippen molar-refractivity contribution in [1.29, 1.82) is 0 Å². The van der Waals surface area contributed by atoms with Gasteiger partial charge in [-0.3, -0.25) is 9.59 Å². The number of esters is 1. The second-order valence-electron chi connectivity index (χ2n) is 14.5. The summed E-state index contributed by atoms with van der Waals surface area (Å²) < 4.78 is 11.3. The third-order valence-corrected chi connectivity index (χ3v) is 7.87. The summed E-state index contributed by atoms with van der Waals surface area (Å²) in [5.74, 6) is -1.64. The van der Waals surface area contributed by atoms with Crippen LogP contribution in [0.1, 0.15) is 90.1 Å². The molecule has 0 saturated heterocycles. The van der Waals surface area contributed by atoms with Crippen LogP contribution in [0, 0.1) is 0 Å². The fourth-order valence-electron chi connectivity index (χ4n) is 5.44. The second-order valence-corrected chi connectivity index (χ2v) is 14.5. The normalized spacial score (nSPS) is 13.9. The highest BCUT2D eigenvalue weighted by Crippen LogP contribution is 2.28. The maximum absolute atomic E-state index is 14.9. The Morgan fingerprint density at radius 3 is 1.80 bits per heavy atom. The van der Waals surface area contributed by atoms with Gasteiger partial charge in [-0.1, -0.05) is 98.4 Å². The highest BCUT2D eigenvalue weighted by molar-refractivity contribution is 5.94. The summed E-state index contributed by atoms with van der Waals surface area (Å²) in [7, 11) is 0. The predicted octanol–water partition coefficient (Wildman–Crippen LogP) is 7.20. The first kappa shape index (κ1) is 39.5. The standard InChI is InChI=1S/C41H53N3O6/c1-10-28(3)44(37(46)33(26-30-19-14-12-15-20-30)43-39(48)50-41(7,8)9)35(32-24-18-23-29(11-2)25-32)36(45)42-34(38(47)49-40(4,5)6)27-31-21-16-13-17-22-31/h11-25,28,33-35H,2,10,26-27H2,1,3-9H3,(H,42,45)(H,43,48). The molecule has 3 amide bonds. The van der Waals surface area contributed by atoms with Crippen molar-refractivity contribution in [3.63, 3.8) is 0 Å². The Labute approximate surface area is 297 Å². The maximum atomic E-state index is 14.9. The van der Waals surface area contributed by atoms with Gasteiger partial charge in [-0.15, -0.1) is 0 Å². The summed E-state index contributed by atoms with van der Waals surface area (Å²) in [5, 5.41) is 5.75. The van der Waals surface area contributed by atoms with Gasteiger partial charge in [0, 0.05) is 18.9 Å².